The Morgan fingerprint density at radius 3 is 2.38 bits per heavy atom. The maximum Gasteiger partial charge on any atom is 0.294 e. The molecule has 0 aliphatic heterocycles. The number of hydrogen-bond acceptors (Lipinski definition) is 5. The molecule has 0 aliphatic rings. The molecule has 0 atom stereocenters. The second kappa shape index (κ2) is 5.90. The topological polar surface area (TPSA) is 110 Å². The fourth-order valence-corrected chi connectivity index (χ4v) is 2.21. The molecule has 0 radical (unpaired) electrons. The number of nitrogens with one attached hydrogen (secondary N) is 1. The highest BCUT2D eigenvalue weighted by molar-refractivity contribution is 7.85. The van der Waals surface area contributed by atoms with E-state index in [0.717, 1.165) is 5.56 Å². The Labute approximate surface area is 121 Å². The van der Waals surface area contributed by atoms with Gasteiger partial charge in [-0.2, -0.15) is 8.42 Å². The summed E-state index contributed by atoms with van der Waals surface area (Å²) < 4.78 is 30.7. The third kappa shape index (κ3) is 4.01. The lowest BCUT2D eigenvalue weighted by Gasteiger charge is -2.07. The molecular formula is C13H12N2O5S. The monoisotopic (exact) mass is 308 g/mol. The van der Waals surface area contributed by atoms with Crippen LogP contribution < -0.4 is 5.32 Å². The summed E-state index contributed by atoms with van der Waals surface area (Å²) >= 11 is 0. The predicted molar refractivity (Wildman–Crippen MR) is 76.7 cm³/mol. The Balaban J connectivity index is 2.06. The van der Waals surface area contributed by atoms with Gasteiger partial charge < -0.3 is 5.32 Å². The second-order valence-electron chi connectivity index (χ2n) is 4.28. The molecule has 0 amide bonds. The molecule has 7 nitrogen and oxygen atoms in total. The minimum atomic E-state index is -4.20. The SMILES string of the molecule is O=[N+]([O-])c1cccc(CNc2ccc(S(=O)(=O)O)cc2)c1. The van der Waals surface area contributed by atoms with Crippen LogP contribution in [0.25, 0.3) is 0 Å². The number of benzene rings is 2. The highest BCUT2D eigenvalue weighted by Gasteiger charge is 2.08. The Kier molecular flexibility index (Phi) is 4.20. The molecular weight excluding hydrogens is 296 g/mol. The lowest BCUT2D eigenvalue weighted by atomic mass is 10.2. The van der Waals surface area contributed by atoms with E-state index >= 15 is 0 Å². The van der Waals surface area contributed by atoms with Crippen molar-refractivity contribution in [1.82, 2.24) is 0 Å². The van der Waals surface area contributed by atoms with Gasteiger partial charge in [-0.15, -0.1) is 0 Å². The Morgan fingerprint density at radius 1 is 1.14 bits per heavy atom. The number of nitro groups is 1. The molecule has 110 valence electrons. The maximum atomic E-state index is 10.9. The molecule has 0 spiro atoms. The van der Waals surface area contributed by atoms with E-state index in [1.807, 2.05) is 0 Å². The van der Waals surface area contributed by atoms with Crippen LogP contribution in [0.1, 0.15) is 5.56 Å². The van der Waals surface area contributed by atoms with Gasteiger partial charge in [0.1, 0.15) is 0 Å². The number of nitrogens with zero attached hydrogens (tertiary/aromatic N) is 1. The largest absolute Gasteiger partial charge is 0.381 e. The molecule has 0 heterocycles. The molecule has 0 bridgehead atoms. The van der Waals surface area contributed by atoms with Crippen molar-refractivity contribution in [3.63, 3.8) is 0 Å². The second-order valence-corrected chi connectivity index (χ2v) is 5.70. The average molecular weight is 308 g/mol. The van der Waals surface area contributed by atoms with Gasteiger partial charge in [0.15, 0.2) is 0 Å². The van der Waals surface area contributed by atoms with Gasteiger partial charge in [0.2, 0.25) is 0 Å². The van der Waals surface area contributed by atoms with Crippen molar-refractivity contribution >= 4 is 21.5 Å². The normalized spacial score (nSPS) is 11.1. The lowest BCUT2D eigenvalue weighted by molar-refractivity contribution is -0.384. The standard InChI is InChI=1S/C13H12N2O5S/c16-15(17)12-3-1-2-10(8-12)9-14-11-4-6-13(7-5-11)21(18,19)20/h1-8,14H,9H2,(H,18,19,20). The van der Waals surface area contributed by atoms with Crippen LogP contribution in [0.3, 0.4) is 0 Å². The fourth-order valence-electron chi connectivity index (χ4n) is 1.73. The van der Waals surface area contributed by atoms with Crippen molar-refractivity contribution in [1.29, 1.82) is 0 Å². The van der Waals surface area contributed by atoms with Gasteiger partial charge in [-0.25, -0.2) is 0 Å². The first-order valence-electron chi connectivity index (χ1n) is 5.91. The Morgan fingerprint density at radius 2 is 1.81 bits per heavy atom. The van der Waals surface area contributed by atoms with Gasteiger partial charge in [-0.05, 0) is 29.8 Å². The number of hydrogen-bond donors (Lipinski definition) is 2. The van der Waals surface area contributed by atoms with E-state index in [4.69, 9.17) is 4.55 Å². The zero-order valence-corrected chi connectivity index (χ0v) is 11.6. The average Bonchev–Trinajstić information content (AvgIpc) is 2.45. The maximum absolute atomic E-state index is 10.9. The molecule has 2 rings (SSSR count). The molecule has 0 aliphatic carbocycles. The van der Waals surface area contributed by atoms with Crippen LogP contribution in [0, 0.1) is 10.1 Å². The Hall–Kier alpha value is -2.45. The third-order valence-corrected chi connectivity index (χ3v) is 3.64. The van der Waals surface area contributed by atoms with Crippen LogP contribution in [0.5, 0.6) is 0 Å². The summed E-state index contributed by atoms with van der Waals surface area (Å²) in [6, 6.07) is 11.7. The van der Waals surface area contributed by atoms with E-state index in [0.29, 0.717) is 12.2 Å². The molecule has 0 saturated carbocycles. The summed E-state index contributed by atoms with van der Waals surface area (Å²) in [7, 11) is -4.20. The smallest absolute Gasteiger partial charge is 0.294 e. The van der Waals surface area contributed by atoms with Crippen molar-refractivity contribution < 1.29 is 17.9 Å². The summed E-state index contributed by atoms with van der Waals surface area (Å²) in [6.45, 7) is 0.354. The van der Waals surface area contributed by atoms with Crippen molar-refractivity contribution in [2.45, 2.75) is 11.4 Å². The van der Waals surface area contributed by atoms with Crippen LogP contribution in [-0.2, 0) is 16.7 Å². The van der Waals surface area contributed by atoms with Crippen molar-refractivity contribution in [3.05, 3.63) is 64.2 Å². The van der Waals surface area contributed by atoms with Crippen molar-refractivity contribution in [2.75, 3.05) is 5.32 Å². The van der Waals surface area contributed by atoms with E-state index in [2.05, 4.69) is 5.32 Å². The molecule has 0 saturated heterocycles. The number of anilines is 1. The Bertz CT molecular complexity index is 756. The number of rotatable bonds is 5. The molecule has 2 N–H and O–H groups in total. The summed E-state index contributed by atoms with van der Waals surface area (Å²) in [6.07, 6.45) is 0. The van der Waals surface area contributed by atoms with E-state index in [1.165, 1.54) is 36.4 Å². The van der Waals surface area contributed by atoms with Crippen LogP contribution in [0.15, 0.2) is 53.4 Å². The molecule has 8 heteroatoms. The molecule has 0 aromatic heterocycles. The zero-order valence-electron chi connectivity index (χ0n) is 10.8. The minimum Gasteiger partial charge on any atom is -0.381 e. The van der Waals surface area contributed by atoms with Gasteiger partial charge in [0.25, 0.3) is 15.8 Å². The molecule has 2 aromatic rings. The van der Waals surface area contributed by atoms with Gasteiger partial charge in [0, 0.05) is 24.4 Å². The first kappa shape index (κ1) is 14.9. The van der Waals surface area contributed by atoms with E-state index in [1.54, 1.807) is 12.1 Å². The lowest BCUT2D eigenvalue weighted by Crippen LogP contribution is -2.01. The number of nitro benzene ring substituents is 1. The van der Waals surface area contributed by atoms with Gasteiger partial charge in [-0.1, -0.05) is 12.1 Å². The van der Waals surface area contributed by atoms with Crippen LogP contribution in [0.4, 0.5) is 11.4 Å². The van der Waals surface area contributed by atoms with Crippen LogP contribution >= 0.6 is 0 Å². The van der Waals surface area contributed by atoms with E-state index in [-0.39, 0.29) is 10.6 Å². The zero-order chi connectivity index (χ0) is 15.5. The molecule has 2 aromatic carbocycles. The number of non-ortho nitro benzene ring substituents is 1. The van der Waals surface area contributed by atoms with Gasteiger partial charge in [-0.3, -0.25) is 14.7 Å². The summed E-state index contributed by atoms with van der Waals surface area (Å²) in [5, 5.41) is 13.7. The van der Waals surface area contributed by atoms with E-state index in [9.17, 15) is 18.5 Å². The first-order valence-corrected chi connectivity index (χ1v) is 7.35. The van der Waals surface area contributed by atoms with Crippen molar-refractivity contribution in [3.8, 4) is 0 Å². The molecule has 0 unspecified atom stereocenters. The molecule has 0 fully saturated rings. The summed E-state index contributed by atoms with van der Waals surface area (Å²) in [5.74, 6) is 0. The van der Waals surface area contributed by atoms with Crippen LogP contribution in [0.2, 0.25) is 0 Å². The van der Waals surface area contributed by atoms with E-state index < -0.39 is 15.0 Å². The van der Waals surface area contributed by atoms with Crippen LogP contribution in [-0.4, -0.2) is 17.9 Å². The highest BCUT2D eigenvalue weighted by Crippen LogP contribution is 2.17. The third-order valence-electron chi connectivity index (χ3n) is 2.77. The van der Waals surface area contributed by atoms with Gasteiger partial charge in [0.05, 0.1) is 9.82 Å². The summed E-state index contributed by atoms with van der Waals surface area (Å²) in [4.78, 5) is 10.0. The highest BCUT2D eigenvalue weighted by atomic mass is 32.2. The molecule has 21 heavy (non-hydrogen) atoms. The predicted octanol–water partition coefficient (Wildman–Crippen LogP) is 2.45. The van der Waals surface area contributed by atoms with Gasteiger partial charge >= 0.3 is 0 Å². The fraction of sp³-hybridized carbons (Fsp3) is 0.0769. The first-order chi connectivity index (χ1) is 9.86. The van der Waals surface area contributed by atoms with Crippen molar-refractivity contribution in [2.24, 2.45) is 0 Å². The minimum absolute atomic E-state index is 0.0102. The summed E-state index contributed by atoms with van der Waals surface area (Å²) in [5.41, 5.74) is 1.37. The quantitative estimate of drug-likeness (QED) is 0.499.